The van der Waals surface area contributed by atoms with Gasteiger partial charge in [0.25, 0.3) is 0 Å². The van der Waals surface area contributed by atoms with Gasteiger partial charge in [-0.3, -0.25) is 0 Å². The fraction of sp³-hybridized carbons (Fsp3) is 0. The van der Waals surface area contributed by atoms with Gasteiger partial charge in [-0.25, -0.2) is 4.98 Å². The molecule has 0 atom stereocenters. The first-order valence-electron chi connectivity index (χ1n) is 13.3. The van der Waals surface area contributed by atoms with Crippen molar-refractivity contribution in [3.8, 4) is 44.8 Å². The van der Waals surface area contributed by atoms with Crippen molar-refractivity contribution < 1.29 is 4.42 Å². The quantitative estimate of drug-likeness (QED) is 0.223. The second kappa shape index (κ2) is 7.66. The van der Waals surface area contributed by atoms with E-state index in [-0.39, 0.29) is 0 Å². The summed E-state index contributed by atoms with van der Waals surface area (Å²) in [6.45, 7) is 0. The summed E-state index contributed by atoms with van der Waals surface area (Å²) in [6.07, 6.45) is 0. The molecule has 2 nitrogen and oxygen atoms in total. The molecule has 0 bridgehead atoms. The van der Waals surface area contributed by atoms with Crippen molar-refractivity contribution in [1.29, 1.82) is 0 Å². The molecular weight excluding hydrogens is 474 g/mol. The monoisotopic (exact) mass is 495 g/mol. The van der Waals surface area contributed by atoms with Gasteiger partial charge < -0.3 is 4.42 Å². The van der Waals surface area contributed by atoms with Crippen LogP contribution in [0.15, 0.2) is 132 Å². The minimum Gasteiger partial charge on any atom is -0.435 e. The number of fused-ring (bicyclic) bond motifs is 8. The number of benzene rings is 7. The van der Waals surface area contributed by atoms with E-state index in [0.29, 0.717) is 5.89 Å². The van der Waals surface area contributed by atoms with Crippen LogP contribution < -0.4 is 0 Å². The molecule has 7 aromatic carbocycles. The van der Waals surface area contributed by atoms with Gasteiger partial charge in [-0.2, -0.15) is 0 Å². The van der Waals surface area contributed by atoms with Gasteiger partial charge in [-0.15, -0.1) is 0 Å². The molecule has 1 aliphatic rings. The Morgan fingerprint density at radius 3 is 2.00 bits per heavy atom. The van der Waals surface area contributed by atoms with Crippen molar-refractivity contribution in [3.63, 3.8) is 0 Å². The van der Waals surface area contributed by atoms with Crippen molar-refractivity contribution >= 4 is 43.4 Å². The van der Waals surface area contributed by atoms with Crippen LogP contribution in [-0.4, -0.2) is 4.98 Å². The van der Waals surface area contributed by atoms with Gasteiger partial charge in [0, 0.05) is 10.9 Å². The molecule has 0 saturated carbocycles. The van der Waals surface area contributed by atoms with Crippen LogP contribution in [0.1, 0.15) is 0 Å². The number of rotatable bonds is 2. The molecule has 0 aliphatic heterocycles. The van der Waals surface area contributed by atoms with Gasteiger partial charge in [0.05, 0.1) is 0 Å². The Morgan fingerprint density at radius 1 is 0.436 bits per heavy atom. The second-order valence-electron chi connectivity index (χ2n) is 10.3. The van der Waals surface area contributed by atoms with Crippen LogP contribution in [0.3, 0.4) is 0 Å². The minimum atomic E-state index is 0.651. The molecule has 0 N–H and O–H groups in total. The van der Waals surface area contributed by atoms with Crippen LogP contribution in [-0.2, 0) is 0 Å². The lowest BCUT2D eigenvalue weighted by atomic mass is 9.92. The third-order valence-electron chi connectivity index (χ3n) is 8.23. The molecule has 0 fully saturated rings. The molecule has 180 valence electrons. The van der Waals surface area contributed by atoms with Crippen molar-refractivity contribution in [1.82, 2.24) is 4.98 Å². The largest absolute Gasteiger partial charge is 0.435 e. The number of nitrogens with zero attached hydrogens (tertiary/aromatic N) is 1. The van der Waals surface area contributed by atoms with Crippen LogP contribution in [0.25, 0.3) is 88.3 Å². The molecule has 0 radical (unpaired) electrons. The lowest BCUT2D eigenvalue weighted by Gasteiger charge is -2.12. The van der Waals surface area contributed by atoms with Crippen LogP contribution in [0.4, 0.5) is 0 Å². The molecule has 1 aromatic heterocycles. The fourth-order valence-electron chi connectivity index (χ4n) is 6.45. The first-order valence-corrected chi connectivity index (χ1v) is 13.3. The third kappa shape index (κ3) is 2.89. The standard InChI is InChI=1S/C37H21NO/c1-2-7-24(8-3-1)37-38-33-20-17-23-15-13-22-14-16-25(21-32(22)34(23)36(33)39-37)26-18-19-31-28-10-5-4-9-27(28)30-12-6-11-29(26)35(30)31/h1-21H. The average molecular weight is 496 g/mol. The summed E-state index contributed by atoms with van der Waals surface area (Å²) in [6, 6.07) is 45.5. The SMILES string of the molecule is c1ccc(-c2nc3ccc4ccc5ccc(-c6ccc7c8c(cccc68)-c6ccccc6-7)cc5c4c3o2)cc1. The first-order chi connectivity index (χ1) is 19.3. The Bertz CT molecular complexity index is 2240. The maximum absolute atomic E-state index is 6.46. The van der Waals surface area contributed by atoms with Crippen molar-refractivity contribution in [2.24, 2.45) is 0 Å². The van der Waals surface area contributed by atoms with Gasteiger partial charge >= 0.3 is 0 Å². The topological polar surface area (TPSA) is 26.0 Å². The van der Waals surface area contributed by atoms with E-state index in [1.807, 2.05) is 30.3 Å². The summed E-state index contributed by atoms with van der Waals surface area (Å²) in [4.78, 5) is 4.84. The zero-order valence-corrected chi connectivity index (χ0v) is 21.0. The fourth-order valence-corrected chi connectivity index (χ4v) is 6.45. The number of oxazole rings is 1. The molecule has 8 aromatic rings. The average Bonchev–Trinajstić information content (AvgIpc) is 3.58. The van der Waals surface area contributed by atoms with E-state index in [1.54, 1.807) is 0 Å². The maximum Gasteiger partial charge on any atom is 0.227 e. The third-order valence-corrected chi connectivity index (χ3v) is 8.23. The van der Waals surface area contributed by atoms with E-state index < -0.39 is 0 Å². The van der Waals surface area contributed by atoms with Crippen molar-refractivity contribution in [2.45, 2.75) is 0 Å². The van der Waals surface area contributed by atoms with Crippen molar-refractivity contribution in [3.05, 3.63) is 127 Å². The predicted molar refractivity (Wildman–Crippen MR) is 162 cm³/mol. The van der Waals surface area contributed by atoms with E-state index in [0.717, 1.165) is 27.4 Å². The van der Waals surface area contributed by atoms with Crippen LogP contribution in [0.5, 0.6) is 0 Å². The first kappa shape index (κ1) is 20.8. The van der Waals surface area contributed by atoms with Crippen LogP contribution in [0.2, 0.25) is 0 Å². The van der Waals surface area contributed by atoms with Gasteiger partial charge in [-0.05, 0) is 84.6 Å². The summed E-state index contributed by atoms with van der Waals surface area (Å²) in [5, 5.41) is 7.27. The van der Waals surface area contributed by atoms with Crippen LogP contribution >= 0.6 is 0 Å². The summed E-state index contributed by atoms with van der Waals surface area (Å²) in [5.41, 5.74) is 10.4. The van der Waals surface area contributed by atoms with Crippen LogP contribution in [0, 0.1) is 0 Å². The highest BCUT2D eigenvalue weighted by atomic mass is 16.3. The Kier molecular flexibility index (Phi) is 4.08. The van der Waals surface area contributed by atoms with Gasteiger partial charge in [0.15, 0.2) is 5.58 Å². The molecule has 0 amide bonds. The molecule has 1 heterocycles. The molecule has 0 unspecified atom stereocenters. The summed E-state index contributed by atoms with van der Waals surface area (Å²) < 4.78 is 6.46. The van der Waals surface area contributed by atoms with Gasteiger partial charge in [0.2, 0.25) is 5.89 Å². The minimum absolute atomic E-state index is 0.651. The van der Waals surface area contributed by atoms with E-state index >= 15 is 0 Å². The van der Waals surface area contributed by atoms with Gasteiger partial charge in [0.1, 0.15) is 5.52 Å². The molecule has 39 heavy (non-hydrogen) atoms. The number of hydrogen-bond donors (Lipinski definition) is 0. The Balaban J connectivity index is 1.31. The van der Waals surface area contributed by atoms with Crippen molar-refractivity contribution in [2.75, 3.05) is 0 Å². The predicted octanol–water partition coefficient (Wildman–Crippen LogP) is 10.3. The molecule has 2 heteroatoms. The second-order valence-corrected chi connectivity index (χ2v) is 10.3. The molecule has 0 saturated heterocycles. The Morgan fingerprint density at radius 2 is 1.13 bits per heavy atom. The van der Waals surface area contributed by atoms with E-state index in [1.165, 1.54) is 54.9 Å². The zero-order chi connectivity index (χ0) is 25.5. The highest BCUT2D eigenvalue weighted by Gasteiger charge is 2.22. The highest BCUT2D eigenvalue weighted by molar-refractivity contribution is 6.21. The molecule has 1 aliphatic carbocycles. The van der Waals surface area contributed by atoms with Gasteiger partial charge in [-0.1, -0.05) is 103 Å². The smallest absolute Gasteiger partial charge is 0.227 e. The maximum atomic E-state index is 6.46. The normalized spacial score (nSPS) is 12.1. The summed E-state index contributed by atoms with van der Waals surface area (Å²) in [7, 11) is 0. The highest BCUT2D eigenvalue weighted by Crippen LogP contribution is 2.49. The molecular formula is C37H21NO. The summed E-state index contributed by atoms with van der Waals surface area (Å²) in [5.74, 6) is 0.651. The Hall–Kier alpha value is -5.21. The summed E-state index contributed by atoms with van der Waals surface area (Å²) >= 11 is 0. The van der Waals surface area contributed by atoms with E-state index in [9.17, 15) is 0 Å². The molecule has 9 rings (SSSR count). The number of aromatic nitrogens is 1. The molecule has 0 spiro atoms. The van der Waals surface area contributed by atoms with E-state index in [2.05, 4.69) is 97.1 Å². The zero-order valence-electron chi connectivity index (χ0n) is 21.0. The lowest BCUT2D eigenvalue weighted by Crippen LogP contribution is -1.85. The van der Waals surface area contributed by atoms with E-state index in [4.69, 9.17) is 9.40 Å². The number of hydrogen-bond acceptors (Lipinski definition) is 2. The Labute approximate surface area is 224 Å². The lowest BCUT2D eigenvalue weighted by molar-refractivity contribution is 0.623.